The average Bonchev–Trinajstić information content (AvgIpc) is 2.56. The summed E-state index contributed by atoms with van der Waals surface area (Å²) in [7, 11) is 0. The molecule has 1 aromatic rings. The van der Waals surface area contributed by atoms with Gasteiger partial charge >= 0.3 is 5.97 Å². The van der Waals surface area contributed by atoms with Gasteiger partial charge in [-0.15, -0.1) is 0 Å². The van der Waals surface area contributed by atoms with Gasteiger partial charge < -0.3 is 10.1 Å². The molecule has 118 valence electrons. The summed E-state index contributed by atoms with van der Waals surface area (Å²) < 4.78 is 4.94. The van der Waals surface area contributed by atoms with Crippen LogP contribution in [-0.2, 0) is 9.53 Å². The van der Waals surface area contributed by atoms with Crippen molar-refractivity contribution in [2.45, 2.75) is 26.7 Å². The molecule has 0 unspecified atom stereocenters. The zero-order chi connectivity index (χ0) is 16.7. The standard InChI is InChI=1S/C20H21NO2/c1-4-20(22)23-13-5-6-17-8-11-18(12-9-17)21-19-10-7-15(2)16(3)14-19/h4,7-8,10-11,14,21H,1,5-6,13H2,2-3H3. The third-order valence-corrected chi connectivity index (χ3v) is 3.60. The lowest BCUT2D eigenvalue weighted by molar-refractivity contribution is -0.137. The maximum atomic E-state index is 10.9. The van der Waals surface area contributed by atoms with Crippen LogP contribution in [0.15, 0.2) is 65.7 Å². The summed E-state index contributed by atoms with van der Waals surface area (Å²) in [5.41, 5.74) is 11.8. The predicted molar refractivity (Wildman–Crippen MR) is 93.1 cm³/mol. The lowest BCUT2D eigenvalue weighted by Crippen LogP contribution is -2.02. The van der Waals surface area contributed by atoms with Gasteiger partial charge in [-0.2, -0.15) is 0 Å². The Bertz CT molecular complexity index is 743. The van der Waals surface area contributed by atoms with Crippen LogP contribution >= 0.6 is 0 Å². The zero-order valence-corrected chi connectivity index (χ0v) is 13.6. The molecule has 0 bridgehead atoms. The molecule has 0 saturated carbocycles. The third kappa shape index (κ3) is 5.19. The number of carbonyl (C=O) groups is 1. The van der Waals surface area contributed by atoms with Gasteiger partial charge in [-0.3, -0.25) is 0 Å². The van der Waals surface area contributed by atoms with Crippen molar-refractivity contribution in [2.75, 3.05) is 11.9 Å². The average molecular weight is 307 g/mol. The van der Waals surface area contributed by atoms with Gasteiger partial charge in [0.15, 0.2) is 0 Å². The van der Waals surface area contributed by atoms with E-state index in [1.807, 2.05) is 12.2 Å². The molecule has 0 spiro atoms. The first-order chi connectivity index (χ1) is 11.1. The van der Waals surface area contributed by atoms with Crippen molar-refractivity contribution in [3.8, 4) is 0 Å². The molecule has 0 atom stereocenters. The third-order valence-electron chi connectivity index (χ3n) is 3.60. The second-order valence-electron chi connectivity index (χ2n) is 5.42. The van der Waals surface area contributed by atoms with E-state index >= 15 is 0 Å². The Balaban J connectivity index is 1.92. The fraction of sp³-hybridized carbons (Fsp3) is 0.250. The first-order valence-electron chi connectivity index (χ1n) is 7.65. The quantitative estimate of drug-likeness (QED) is 0.352. The van der Waals surface area contributed by atoms with Gasteiger partial charge in [0.2, 0.25) is 0 Å². The maximum absolute atomic E-state index is 10.9. The van der Waals surface area contributed by atoms with Crippen LogP contribution in [0.25, 0.3) is 0 Å². The molecule has 1 aromatic carbocycles. The molecule has 0 aromatic heterocycles. The topological polar surface area (TPSA) is 38.3 Å². The Hall–Kier alpha value is -2.73. The van der Waals surface area contributed by atoms with E-state index in [2.05, 4.69) is 55.4 Å². The van der Waals surface area contributed by atoms with Crippen LogP contribution in [0, 0.1) is 13.8 Å². The highest BCUT2D eigenvalue weighted by atomic mass is 16.5. The van der Waals surface area contributed by atoms with E-state index < -0.39 is 0 Å². The Labute approximate surface area is 137 Å². The minimum atomic E-state index is -0.381. The summed E-state index contributed by atoms with van der Waals surface area (Å²) in [6.07, 6.45) is 6.72. The van der Waals surface area contributed by atoms with E-state index in [1.54, 1.807) is 0 Å². The molecular weight excluding hydrogens is 286 g/mol. The highest BCUT2D eigenvalue weighted by molar-refractivity contribution is 5.81. The molecule has 1 aliphatic carbocycles. The second-order valence-corrected chi connectivity index (χ2v) is 5.42. The first kappa shape index (κ1) is 16.6. The van der Waals surface area contributed by atoms with Crippen molar-refractivity contribution in [3.63, 3.8) is 0 Å². The molecule has 3 nitrogen and oxygen atoms in total. The van der Waals surface area contributed by atoms with Crippen molar-refractivity contribution in [3.05, 3.63) is 76.9 Å². The van der Waals surface area contributed by atoms with Gasteiger partial charge in [0, 0.05) is 17.3 Å². The molecule has 0 heterocycles. The monoisotopic (exact) mass is 307 g/mol. The fourth-order valence-electron chi connectivity index (χ4n) is 2.10. The highest BCUT2D eigenvalue weighted by Gasteiger charge is 2.02. The predicted octanol–water partition coefficient (Wildman–Crippen LogP) is 4.36. The van der Waals surface area contributed by atoms with E-state index in [0.29, 0.717) is 6.61 Å². The minimum Gasteiger partial charge on any atom is -0.463 e. The van der Waals surface area contributed by atoms with Crippen LogP contribution in [0.2, 0.25) is 0 Å². The van der Waals surface area contributed by atoms with Crippen LogP contribution in [0.4, 0.5) is 5.69 Å². The minimum absolute atomic E-state index is 0.381. The molecule has 23 heavy (non-hydrogen) atoms. The number of carbonyl (C=O) groups excluding carboxylic acids is 1. The van der Waals surface area contributed by atoms with Crippen LogP contribution in [0.5, 0.6) is 0 Å². The molecule has 3 heteroatoms. The smallest absolute Gasteiger partial charge is 0.330 e. The van der Waals surface area contributed by atoms with Gasteiger partial charge in [0.1, 0.15) is 0 Å². The van der Waals surface area contributed by atoms with Gasteiger partial charge in [-0.25, -0.2) is 4.79 Å². The summed E-state index contributed by atoms with van der Waals surface area (Å²) in [4.78, 5) is 10.9. The van der Waals surface area contributed by atoms with Crippen molar-refractivity contribution in [1.82, 2.24) is 0 Å². The van der Waals surface area contributed by atoms with Crippen LogP contribution in [0.3, 0.4) is 0 Å². The zero-order valence-electron chi connectivity index (χ0n) is 13.6. The molecule has 1 N–H and O–H groups in total. The van der Waals surface area contributed by atoms with E-state index in [9.17, 15) is 4.79 Å². The number of rotatable bonds is 7. The van der Waals surface area contributed by atoms with Gasteiger partial charge in [0.05, 0.1) is 12.3 Å². The van der Waals surface area contributed by atoms with Crippen LogP contribution in [0.1, 0.15) is 24.0 Å². The van der Waals surface area contributed by atoms with Crippen molar-refractivity contribution >= 4 is 11.7 Å². The van der Waals surface area contributed by atoms with E-state index in [4.69, 9.17) is 4.74 Å². The Morgan fingerprint density at radius 1 is 1.26 bits per heavy atom. The van der Waals surface area contributed by atoms with Gasteiger partial charge in [-0.1, -0.05) is 18.4 Å². The summed E-state index contributed by atoms with van der Waals surface area (Å²) in [6.45, 7) is 7.94. The Morgan fingerprint density at radius 3 is 2.74 bits per heavy atom. The lowest BCUT2D eigenvalue weighted by atomic mass is 10.1. The molecule has 0 amide bonds. The van der Waals surface area contributed by atoms with Crippen LogP contribution in [-0.4, -0.2) is 12.6 Å². The van der Waals surface area contributed by atoms with Crippen molar-refractivity contribution in [1.29, 1.82) is 0 Å². The van der Waals surface area contributed by atoms with Crippen molar-refractivity contribution in [2.24, 2.45) is 0 Å². The number of aryl methyl sites for hydroxylation is 2. The Kier molecular flexibility index (Phi) is 5.82. The summed E-state index contributed by atoms with van der Waals surface area (Å²) >= 11 is 0. The fourth-order valence-corrected chi connectivity index (χ4v) is 2.10. The highest BCUT2D eigenvalue weighted by Crippen LogP contribution is 2.17. The summed E-state index contributed by atoms with van der Waals surface area (Å²) in [5, 5.41) is 3.32. The molecule has 0 fully saturated rings. The summed E-state index contributed by atoms with van der Waals surface area (Å²) in [6, 6.07) is 6.27. The SMILES string of the molecule is C=CC(=O)OCCCC1=C=C=C(Nc2ccc(C)c(C)c2)C=C1. The molecule has 2 rings (SSSR count). The number of esters is 1. The molecule has 0 saturated heterocycles. The van der Waals surface area contributed by atoms with Gasteiger partial charge in [-0.05, 0) is 67.8 Å². The number of allylic oxidation sites excluding steroid dienone is 3. The van der Waals surface area contributed by atoms with Gasteiger partial charge in [0.25, 0.3) is 0 Å². The number of ether oxygens (including phenoxy) is 1. The van der Waals surface area contributed by atoms with E-state index in [1.165, 1.54) is 17.2 Å². The number of hydrogen-bond donors (Lipinski definition) is 1. The number of anilines is 1. The largest absolute Gasteiger partial charge is 0.463 e. The first-order valence-corrected chi connectivity index (χ1v) is 7.65. The Morgan fingerprint density at radius 2 is 2.09 bits per heavy atom. The second kappa shape index (κ2) is 8.05. The lowest BCUT2D eigenvalue weighted by Gasteiger charge is -2.09. The maximum Gasteiger partial charge on any atom is 0.330 e. The molecule has 0 radical (unpaired) electrons. The van der Waals surface area contributed by atoms with Crippen LogP contribution < -0.4 is 5.32 Å². The number of hydrogen-bond acceptors (Lipinski definition) is 3. The number of nitrogens with one attached hydrogen (secondary N) is 1. The molecular formula is C20H21NO2. The summed E-state index contributed by atoms with van der Waals surface area (Å²) in [5.74, 6) is -0.381. The van der Waals surface area contributed by atoms with Crippen molar-refractivity contribution < 1.29 is 9.53 Å². The van der Waals surface area contributed by atoms with E-state index in [-0.39, 0.29) is 5.97 Å². The molecule has 1 aliphatic rings. The van der Waals surface area contributed by atoms with E-state index in [0.717, 1.165) is 29.8 Å². The number of benzene rings is 1. The normalized spacial score (nSPS) is 12.4. The molecule has 0 aliphatic heterocycles.